The van der Waals surface area contributed by atoms with Crippen LogP contribution in [-0.4, -0.2) is 0 Å². The Morgan fingerprint density at radius 1 is 0.396 bits per heavy atom. The summed E-state index contributed by atoms with van der Waals surface area (Å²) in [6.45, 7) is 0. The summed E-state index contributed by atoms with van der Waals surface area (Å²) in [5, 5.41) is 13.6. The van der Waals surface area contributed by atoms with Crippen molar-refractivity contribution >= 4 is 86.4 Å². The van der Waals surface area contributed by atoms with Crippen LogP contribution in [0.1, 0.15) is 0 Å². The number of anilines is 2. The van der Waals surface area contributed by atoms with Gasteiger partial charge in [-0.2, -0.15) is 0 Å². The van der Waals surface area contributed by atoms with Crippen LogP contribution in [-0.2, 0) is 0 Å². The lowest BCUT2D eigenvalue weighted by molar-refractivity contribution is 0.669. The predicted octanol–water partition coefficient (Wildman–Crippen LogP) is 15.0. The van der Waals surface area contributed by atoms with Gasteiger partial charge >= 0.3 is 0 Å². The first-order chi connectivity index (χ1) is 26.3. The van der Waals surface area contributed by atoms with Crippen LogP contribution in [0, 0.1) is 0 Å². The molecule has 0 amide bonds. The average molecular weight is 694 g/mol. The Balaban J connectivity index is 1.00. The van der Waals surface area contributed by atoms with Crippen molar-refractivity contribution in [1.82, 2.24) is 0 Å². The molecule has 11 rings (SSSR count). The summed E-state index contributed by atoms with van der Waals surface area (Å²) in [6.07, 6.45) is 0. The van der Waals surface area contributed by atoms with E-state index in [0.717, 1.165) is 44.4 Å². The second-order valence-corrected chi connectivity index (χ2v) is 14.8. The first-order valence-electron chi connectivity index (χ1n) is 18.0. The molecule has 11 aromatic rings. The highest BCUT2D eigenvalue weighted by molar-refractivity contribution is 7.26. The van der Waals surface area contributed by atoms with Crippen LogP contribution in [0.2, 0.25) is 0 Å². The summed E-state index contributed by atoms with van der Waals surface area (Å²) in [4.78, 5) is 0. The van der Waals surface area contributed by atoms with E-state index in [1.54, 1.807) is 0 Å². The van der Waals surface area contributed by atoms with Gasteiger partial charge in [-0.1, -0.05) is 133 Å². The first kappa shape index (κ1) is 30.0. The van der Waals surface area contributed by atoms with Crippen molar-refractivity contribution in [2.24, 2.45) is 0 Å². The van der Waals surface area contributed by atoms with Gasteiger partial charge in [0.2, 0.25) is 0 Å². The number of nitrogens with one attached hydrogen (secondary N) is 1. The molecule has 0 fully saturated rings. The zero-order chi connectivity index (χ0) is 34.9. The first-order valence-corrected chi connectivity index (χ1v) is 18.8. The number of furan rings is 1. The van der Waals surface area contributed by atoms with E-state index < -0.39 is 0 Å². The maximum atomic E-state index is 6.52. The summed E-state index contributed by atoms with van der Waals surface area (Å²) in [6, 6.07) is 65.5. The van der Waals surface area contributed by atoms with Crippen molar-refractivity contribution < 1.29 is 4.42 Å². The average Bonchev–Trinajstić information content (AvgIpc) is 3.80. The minimum Gasteiger partial charge on any atom is -0.456 e. The number of rotatable bonds is 5. The van der Waals surface area contributed by atoms with Crippen LogP contribution in [0.15, 0.2) is 186 Å². The number of hydrogen-bond acceptors (Lipinski definition) is 3. The van der Waals surface area contributed by atoms with Crippen molar-refractivity contribution in [3.63, 3.8) is 0 Å². The van der Waals surface area contributed by atoms with Gasteiger partial charge in [-0.15, -0.1) is 11.3 Å². The van der Waals surface area contributed by atoms with E-state index in [-0.39, 0.29) is 0 Å². The molecule has 0 bridgehead atoms. The van der Waals surface area contributed by atoms with E-state index in [2.05, 4.69) is 187 Å². The van der Waals surface area contributed by atoms with E-state index >= 15 is 0 Å². The fourth-order valence-corrected chi connectivity index (χ4v) is 9.46. The summed E-state index contributed by atoms with van der Waals surface area (Å²) in [5.41, 5.74) is 11.0. The smallest absolute Gasteiger partial charge is 0.137 e. The van der Waals surface area contributed by atoms with Crippen LogP contribution >= 0.6 is 11.3 Å². The van der Waals surface area contributed by atoms with Crippen molar-refractivity contribution in [1.29, 1.82) is 0 Å². The Hall–Kier alpha value is -6.68. The van der Waals surface area contributed by atoms with Gasteiger partial charge in [0, 0.05) is 31.2 Å². The van der Waals surface area contributed by atoms with Crippen LogP contribution in [0.3, 0.4) is 0 Å². The second-order valence-electron chi connectivity index (χ2n) is 13.7. The van der Waals surface area contributed by atoms with Crippen molar-refractivity contribution in [3.05, 3.63) is 182 Å². The van der Waals surface area contributed by atoms with Crippen molar-refractivity contribution in [2.45, 2.75) is 0 Å². The van der Waals surface area contributed by atoms with Gasteiger partial charge in [0.15, 0.2) is 0 Å². The van der Waals surface area contributed by atoms with Crippen molar-refractivity contribution in [2.75, 3.05) is 5.32 Å². The van der Waals surface area contributed by atoms with Gasteiger partial charge in [-0.3, -0.25) is 0 Å². The third kappa shape index (κ3) is 4.86. The van der Waals surface area contributed by atoms with Crippen LogP contribution < -0.4 is 5.32 Å². The minimum absolute atomic E-state index is 0.863. The highest BCUT2D eigenvalue weighted by Crippen LogP contribution is 2.44. The number of benzene rings is 9. The molecule has 3 heteroatoms. The summed E-state index contributed by atoms with van der Waals surface area (Å²) >= 11 is 1.87. The van der Waals surface area contributed by atoms with Crippen LogP contribution in [0.5, 0.6) is 0 Å². The lowest BCUT2D eigenvalue weighted by atomic mass is 9.91. The molecule has 53 heavy (non-hydrogen) atoms. The SMILES string of the molecule is c1cc(-c2cc3ccccc3c3ccccc23)cc(-c2cccc3oc4cccc(Nc5ccc(-c6cccc7c6sc6ccccc67)cc5)c4c23)c1. The monoisotopic (exact) mass is 693 g/mol. The lowest BCUT2D eigenvalue weighted by Gasteiger charge is -2.13. The molecule has 0 saturated heterocycles. The Labute approximate surface area is 310 Å². The highest BCUT2D eigenvalue weighted by Gasteiger charge is 2.17. The maximum Gasteiger partial charge on any atom is 0.137 e. The third-order valence-electron chi connectivity index (χ3n) is 10.7. The molecule has 2 heterocycles. The Kier molecular flexibility index (Phi) is 6.76. The fourth-order valence-electron chi connectivity index (χ4n) is 8.22. The largest absolute Gasteiger partial charge is 0.456 e. The summed E-state index contributed by atoms with van der Waals surface area (Å²) in [7, 11) is 0. The third-order valence-corrected chi connectivity index (χ3v) is 11.9. The Bertz CT molecular complexity index is 3200. The minimum atomic E-state index is 0.863. The normalized spacial score (nSPS) is 11.8. The molecule has 0 unspecified atom stereocenters. The zero-order valence-corrected chi connectivity index (χ0v) is 29.5. The lowest BCUT2D eigenvalue weighted by Crippen LogP contribution is -1.91. The summed E-state index contributed by atoms with van der Waals surface area (Å²) in [5.74, 6) is 0. The molecule has 0 aliphatic rings. The van der Waals surface area contributed by atoms with E-state index in [9.17, 15) is 0 Å². The molecule has 2 nitrogen and oxygen atoms in total. The van der Waals surface area contributed by atoms with Crippen molar-refractivity contribution in [3.8, 4) is 33.4 Å². The van der Waals surface area contributed by atoms with Gasteiger partial charge in [-0.25, -0.2) is 0 Å². The fraction of sp³-hybridized carbons (Fsp3) is 0. The Morgan fingerprint density at radius 2 is 1.04 bits per heavy atom. The molecule has 0 aliphatic heterocycles. The molecule has 2 aromatic heterocycles. The number of hydrogen-bond donors (Lipinski definition) is 1. The van der Waals surface area contributed by atoms with Gasteiger partial charge in [0.05, 0.1) is 11.1 Å². The van der Waals surface area contributed by atoms with Gasteiger partial charge in [-0.05, 0) is 103 Å². The van der Waals surface area contributed by atoms with Gasteiger partial charge < -0.3 is 9.73 Å². The molecule has 9 aromatic carbocycles. The van der Waals surface area contributed by atoms with E-state index in [4.69, 9.17) is 4.42 Å². The number of fused-ring (bicyclic) bond motifs is 9. The molecule has 0 atom stereocenters. The molecule has 0 aliphatic carbocycles. The van der Waals surface area contributed by atoms with E-state index in [0.29, 0.717) is 0 Å². The molecule has 0 saturated carbocycles. The molecule has 0 spiro atoms. The standard InChI is InChI=1S/C50H31NOS/c1-2-14-36-34(11-1)30-43(40-16-4-3-15-39(36)40)33-13-7-12-32(29-33)37-18-9-22-45-48(37)49-44(21-10-23-46(49)52-45)51-35-27-25-31(26-28-35)38-19-8-20-42-41-17-5-6-24-47(41)53-50(38)42/h1-30,51H. The zero-order valence-electron chi connectivity index (χ0n) is 28.6. The van der Waals surface area contributed by atoms with Gasteiger partial charge in [0.25, 0.3) is 0 Å². The molecule has 248 valence electrons. The molecular formula is C50H31NOS. The second kappa shape index (κ2) is 11.9. The molecule has 1 N–H and O–H groups in total. The summed E-state index contributed by atoms with van der Waals surface area (Å²) < 4.78 is 9.17. The predicted molar refractivity (Wildman–Crippen MR) is 228 cm³/mol. The molecular weight excluding hydrogens is 663 g/mol. The van der Waals surface area contributed by atoms with E-state index in [1.807, 2.05) is 11.3 Å². The van der Waals surface area contributed by atoms with Crippen LogP contribution in [0.25, 0.3) is 97.0 Å². The van der Waals surface area contributed by atoms with Gasteiger partial charge in [0.1, 0.15) is 11.2 Å². The topological polar surface area (TPSA) is 25.2 Å². The maximum absolute atomic E-state index is 6.52. The van der Waals surface area contributed by atoms with Crippen LogP contribution in [0.4, 0.5) is 11.4 Å². The highest BCUT2D eigenvalue weighted by atomic mass is 32.1. The quantitative estimate of drug-likeness (QED) is 0.182. The number of thiophene rings is 1. The Morgan fingerprint density at radius 3 is 1.91 bits per heavy atom. The van der Waals surface area contributed by atoms with E-state index in [1.165, 1.54) is 64.0 Å². The molecule has 0 radical (unpaired) electrons.